The number of nitrogens with one attached hydrogen (secondary N) is 1. The number of carbonyl (C=O) groups excluding carboxylic acids is 2. The number of anilines is 1. The van der Waals surface area contributed by atoms with Crippen LogP contribution < -0.4 is 15.0 Å². The molecule has 5 nitrogen and oxygen atoms in total. The predicted molar refractivity (Wildman–Crippen MR) is 86.0 cm³/mol. The van der Waals surface area contributed by atoms with E-state index in [1.165, 1.54) is 0 Å². The van der Waals surface area contributed by atoms with E-state index in [1.807, 2.05) is 39.0 Å². The molecular weight excluding hydrogens is 280 g/mol. The van der Waals surface area contributed by atoms with Crippen LogP contribution in [-0.2, 0) is 9.59 Å². The van der Waals surface area contributed by atoms with E-state index < -0.39 is 0 Å². The number of carbonyl (C=O) groups is 2. The third-order valence-electron chi connectivity index (χ3n) is 3.81. The van der Waals surface area contributed by atoms with Crippen LogP contribution in [0.3, 0.4) is 0 Å². The van der Waals surface area contributed by atoms with Crippen LogP contribution in [-0.4, -0.2) is 32.0 Å². The van der Waals surface area contributed by atoms with Gasteiger partial charge in [0, 0.05) is 19.5 Å². The van der Waals surface area contributed by atoms with Crippen molar-refractivity contribution in [2.24, 2.45) is 11.8 Å². The molecule has 1 saturated heterocycles. The molecule has 1 atom stereocenters. The molecule has 0 aromatic heterocycles. The summed E-state index contributed by atoms with van der Waals surface area (Å²) in [5.41, 5.74) is 1.79. The molecule has 120 valence electrons. The third-order valence-corrected chi connectivity index (χ3v) is 3.81. The van der Waals surface area contributed by atoms with Crippen LogP contribution in [0.4, 0.5) is 5.69 Å². The zero-order valence-corrected chi connectivity index (χ0v) is 13.7. The third kappa shape index (κ3) is 3.59. The highest BCUT2D eigenvalue weighted by Crippen LogP contribution is 2.33. The summed E-state index contributed by atoms with van der Waals surface area (Å²) >= 11 is 0. The maximum atomic E-state index is 12.3. The number of rotatable bonds is 5. The Labute approximate surface area is 131 Å². The number of aryl methyl sites for hydroxylation is 1. The number of methoxy groups -OCH3 is 1. The molecule has 1 unspecified atom stereocenters. The first-order chi connectivity index (χ1) is 10.4. The maximum Gasteiger partial charge on any atom is 0.227 e. The number of benzene rings is 1. The molecule has 0 aliphatic carbocycles. The van der Waals surface area contributed by atoms with Gasteiger partial charge >= 0.3 is 0 Å². The number of amides is 2. The molecule has 0 saturated carbocycles. The summed E-state index contributed by atoms with van der Waals surface area (Å²) in [4.78, 5) is 26.1. The van der Waals surface area contributed by atoms with Crippen molar-refractivity contribution in [3.8, 4) is 5.75 Å². The molecule has 0 spiro atoms. The van der Waals surface area contributed by atoms with Gasteiger partial charge in [-0.3, -0.25) is 9.59 Å². The fourth-order valence-electron chi connectivity index (χ4n) is 2.58. The van der Waals surface area contributed by atoms with Crippen LogP contribution in [0.2, 0.25) is 0 Å². The average molecular weight is 304 g/mol. The standard InChI is InChI=1S/C17H24N2O3/c1-11(2)9-18-17(21)13-8-16(20)19(10-13)14-7-12(3)5-6-15(14)22-4/h5-7,11,13H,8-10H2,1-4H3,(H,18,21). The average Bonchev–Trinajstić information content (AvgIpc) is 2.86. The number of ether oxygens (including phenoxy) is 1. The Kier molecular flexibility index (Phi) is 5.06. The largest absolute Gasteiger partial charge is 0.495 e. The number of hydrogen-bond acceptors (Lipinski definition) is 3. The van der Waals surface area contributed by atoms with Gasteiger partial charge < -0.3 is 15.0 Å². The Morgan fingerprint density at radius 2 is 2.18 bits per heavy atom. The molecule has 1 N–H and O–H groups in total. The van der Waals surface area contributed by atoms with Gasteiger partial charge in [0.1, 0.15) is 5.75 Å². The fraction of sp³-hybridized carbons (Fsp3) is 0.529. The summed E-state index contributed by atoms with van der Waals surface area (Å²) in [6.07, 6.45) is 0.251. The summed E-state index contributed by atoms with van der Waals surface area (Å²) in [5.74, 6) is 0.678. The van der Waals surface area contributed by atoms with Gasteiger partial charge in [0.2, 0.25) is 11.8 Å². The highest BCUT2D eigenvalue weighted by molar-refractivity contribution is 6.01. The Balaban J connectivity index is 2.13. The van der Waals surface area contributed by atoms with E-state index in [1.54, 1.807) is 12.0 Å². The lowest BCUT2D eigenvalue weighted by molar-refractivity contribution is -0.126. The fourth-order valence-corrected chi connectivity index (χ4v) is 2.58. The van der Waals surface area contributed by atoms with Crippen LogP contribution in [0.15, 0.2) is 18.2 Å². The molecule has 2 amide bonds. The van der Waals surface area contributed by atoms with E-state index in [0.29, 0.717) is 24.8 Å². The monoisotopic (exact) mass is 304 g/mol. The van der Waals surface area contributed by atoms with Crippen molar-refractivity contribution in [3.63, 3.8) is 0 Å². The number of hydrogen-bond donors (Lipinski definition) is 1. The van der Waals surface area contributed by atoms with E-state index in [4.69, 9.17) is 4.74 Å². The van der Waals surface area contributed by atoms with Crippen molar-refractivity contribution in [1.29, 1.82) is 0 Å². The maximum absolute atomic E-state index is 12.3. The SMILES string of the molecule is COc1ccc(C)cc1N1CC(C(=O)NCC(C)C)CC1=O. The molecule has 1 aliphatic rings. The molecule has 1 fully saturated rings. The predicted octanol–water partition coefficient (Wildman–Crippen LogP) is 2.13. The summed E-state index contributed by atoms with van der Waals surface area (Å²) in [5, 5.41) is 2.91. The van der Waals surface area contributed by atoms with Crippen LogP contribution in [0, 0.1) is 18.8 Å². The molecule has 1 aliphatic heterocycles. The van der Waals surface area contributed by atoms with Crippen molar-refractivity contribution in [3.05, 3.63) is 23.8 Å². The zero-order chi connectivity index (χ0) is 16.3. The van der Waals surface area contributed by atoms with Gasteiger partial charge in [-0.15, -0.1) is 0 Å². The van der Waals surface area contributed by atoms with Crippen LogP contribution in [0.1, 0.15) is 25.8 Å². The normalized spacial score (nSPS) is 18.0. The topological polar surface area (TPSA) is 58.6 Å². The molecule has 1 aromatic rings. The van der Waals surface area contributed by atoms with Gasteiger partial charge in [-0.2, -0.15) is 0 Å². The van der Waals surface area contributed by atoms with Gasteiger partial charge in [0.15, 0.2) is 0 Å². The Morgan fingerprint density at radius 3 is 2.82 bits per heavy atom. The summed E-state index contributed by atoms with van der Waals surface area (Å²) in [6, 6.07) is 5.71. The van der Waals surface area contributed by atoms with Crippen LogP contribution >= 0.6 is 0 Å². The number of nitrogens with zero attached hydrogens (tertiary/aromatic N) is 1. The summed E-state index contributed by atoms with van der Waals surface area (Å²) in [7, 11) is 1.58. The lowest BCUT2D eigenvalue weighted by Crippen LogP contribution is -2.35. The second kappa shape index (κ2) is 6.81. The first kappa shape index (κ1) is 16.3. The van der Waals surface area contributed by atoms with E-state index in [-0.39, 0.29) is 24.2 Å². The van der Waals surface area contributed by atoms with E-state index >= 15 is 0 Å². The Bertz CT molecular complexity index is 569. The molecule has 0 radical (unpaired) electrons. The van der Waals surface area contributed by atoms with Crippen molar-refractivity contribution in [2.45, 2.75) is 27.2 Å². The Hall–Kier alpha value is -2.04. The van der Waals surface area contributed by atoms with Crippen molar-refractivity contribution in [1.82, 2.24) is 5.32 Å². The summed E-state index contributed by atoms with van der Waals surface area (Å²) in [6.45, 7) is 7.10. The van der Waals surface area contributed by atoms with Gasteiger partial charge in [-0.05, 0) is 30.5 Å². The van der Waals surface area contributed by atoms with Gasteiger partial charge in [-0.25, -0.2) is 0 Å². The zero-order valence-electron chi connectivity index (χ0n) is 13.7. The first-order valence-corrected chi connectivity index (χ1v) is 7.65. The second-order valence-corrected chi connectivity index (χ2v) is 6.22. The van der Waals surface area contributed by atoms with E-state index in [2.05, 4.69) is 5.32 Å². The summed E-state index contributed by atoms with van der Waals surface area (Å²) < 4.78 is 5.34. The lowest BCUT2D eigenvalue weighted by Gasteiger charge is -2.20. The van der Waals surface area contributed by atoms with Crippen molar-refractivity contribution < 1.29 is 14.3 Å². The van der Waals surface area contributed by atoms with Gasteiger partial charge in [-0.1, -0.05) is 19.9 Å². The molecule has 2 rings (SSSR count). The molecular formula is C17H24N2O3. The minimum absolute atomic E-state index is 0.0337. The van der Waals surface area contributed by atoms with Crippen LogP contribution in [0.5, 0.6) is 5.75 Å². The van der Waals surface area contributed by atoms with Crippen LogP contribution in [0.25, 0.3) is 0 Å². The smallest absolute Gasteiger partial charge is 0.227 e. The van der Waals surface area contributed by atoms with Gasteiger partial charge in [0.25, 0.3) is 0 Å². The lowest BCUT2D eigenvalue weighted by atomic mass is 10.1. The van der Waals surface area contributed by atoms with E-state index in [9.17, 15) is 9.59 Å². The van der Waals surface area contributed by atoms with Crippen molar-refractivity contribution >= 4 is 17.5 Å². The Morgan fingerprint density at radius 1 is 1.45 bits per heavy atom. The molecule has 0 bridgehead atoms. The molecule has 22 heavy (non-hydrogen) atoms. The molecule has 5 heteroatoms. The second-order valence-electron chi connectivity index (χ2n) is 6.22. The minimum atomic E-state index is -0.295. The van der Waals surface area contributed by atoms with E-state index in [0.717, 1.165) is 11.3 Å². The highest BCUT2D eigenvalue weighted by atomic mass is 16.5. The highest BCUT2D eigenvalue weighted by Gasteiger charge is 2.36. The van der Waals surface area contributed by atoms with Crippen molar-refractivity contribution in [2.75, 3.05) is 25.1 Å². The first-order valence-electron chi connectivity index (χ1n) is 7.65. The molecule has 1 aromatic carbocycles. The quantitative estimate of drug-likeness (QED) is 0.906. The van der Waals surface area contributed by atoms with Gasteiger partial charge in [0.05, 0.1) is 18.7 Å². The minimum Gasteiger partial charge on any atom is -0.495 e. The molecule has 1 heterocycles.